The SMILES string of the molecule is NC(=O)C12CCCCC1CCNC2. The molecule has 0 radical (unpaired) electrons. The van der Waals surface area contributed by atoms with E-state index in [1.54, 1.807) is 0 Å². The van der Waals surface area contributed by atoms with Crippen molar-refractivity contribution in [3.05, 3.63) is 0 Å². The highest BCUT2D eigenvalue weighted by molar-refractivity contribution is 5.81. The van der Waals surface area contributed by atoms with Crippen molar-refractivity contribution >= 4 is 5.91 Å². The second kappa shape index (κ2) is 3.29. The molecule has 2 atom stereocenters. The average molecular weight is 182 g/mol. The fourth-order valence-electron chi connectivity index (χ4n) is 2.96. The van der Waals surface area contributed by atoms with Gasteiger partial charge in [-0.3, -0.25) is 4.79 Å². The van der Waals surface area contributed by atoms with Crippen molar-refractivity contribution in [3.63, 3.8) is 0 Å². The zero-order valence-corrected chi connectivity index (χ0v) is 8.01. The quantitative estimate of drug-likeness (QED) is 0.625. The summed E-state index contributed by atoms with van der Waals surface area (Å²) in [6, 6.07) is 0. The molecule has 1 aliphatic carbocycles. The van der Waals surface area contributed by atoms with Crippen LogP contribution in [0.1, 0.15) is 32.1 Å². The van der Waals surface area contributed by atoms with E-state index < -0.39 is 0 Å². The number of rotatable bonds is 1. The minimum Gasteiger partial charge on any atom is -0.369 e. The molecule has 2 rings (SSSR count). The smallest absolute Gasteiger partial charge is 0.225 e. The van der Waals surface area contributed by atoms with E-state index in [0.717, 1.165) is 25.9 Å². The highest BCUT2D eigenvalue weighted by Gasteiger charge is 2.46. The normalized spacial score (nSPS) is 39.5. The molecule has 3 N–H and O–H groups in total. The molecule has 0 aromatic rings. The van der Waals surface area contributed by atoms with Gasteiger partial charge in [0.1, 0.15) is 0 Å². The van der Waals surface area contributed by atoms with Gasteiger partial charge in [-0.1, -0.05) is 12.8 Å². The number of carbonyl (C=O) groups excluding carboxylic acids is 1. The summed E-state index contributed by atoms with van der Waals surface area (Å²) in [4.78, 5) is 11.5. The van der Waals surface area contributed by atoms with Crippen molar-refractivity contribution in [3.8, 4) is 0 Å². The highest BCUT2D eigenvalue weighted by atomic mass is 16.1. The van der Waals surface area contributed by atoms with E-state index in [2.05, 4.69) is 5.32 Å². The van der Waals surface area contributed by atoms with Gasteiger partial charge in [-0.25, -0.2) is 0 Å². The second-order valence-electron chi connectivity index (χ2n) is 4.43. The molecule has 1 saturated carbocycles. The van der Waals surface area contributed by atoms with Crippen LogP contribution in [0, 0.1) is 11.3 Å². The molecule has 3 nitrogen and oxygen atoms in total. The molecule has 1 aliphatic heterocycles. The van der Waals surface area contributed by atoms with Gasteiger partial charge in [0.2, 0.25) is 5.91 Å². The number of nitrogens with one attached hydrogen (secondary N) is 1. The molecule has 2 aliphatic rings. The highest BCUT2D eigenvalue weighted by Crippen LogP contribution is 2.44. The number of carbonyl (C=O) groups is 1. The van der Waals surface area contributed by atoms with Crippen LogP contribution in [0.3, 0.4) is 0 Å². The number of hydrogen-bond acceptors (Lipinski definition) is 2. The first-order valence-corrected chi connectivity index (χ1v) is 5.26. The Hall–Kier alpha value is -0.570. The summed E-state index contributed by atoms with van der Waals surface area (Å²) < 4.78 is 0. The summed E-state index contributed by atoms with van der Waals surface area (Å²) in [6.45, 7) is 1.87. The molecule has 0 spiro atoms. The molecule has 74 valence electrons. The molecule has 1 heterocycles. The minimum atomic E-state index is -0.198. The maximum Gasteiger partial charge on any atom is 0.225 e. The second-order valence-corrected chi connectivity index (χ2v) is 4.43. The van der Waals surface area contributed by atoms with Crippen LogP contribution in [0.4, 0.5) is 0 Å². The summed E-state index contributed by atoms with van der Waals surface area (Å²) in [5.41, 5.74) is 5.34. The topological polar surface area (TPSA) is 55.1 Å². The van der Waals surface area contributed by atoms with Crippen LogP contribution < -0.4 is 11.1 Å². The van der Waals surface area contributed by atoms with Gasteiger partial charge >= 0.3 is 0 Å². The Balaban J connectivity index is 2.21. The summed E-state index contributed by atoms with van der Waals surface area (Å²) in [6.07, 6.45) is 5.77. The maximum absolute atomic E-state index is 11.5. The Morgan fingerprint density at radius 2 is 2.23 bits per heavy atom. The number of amides is 1. The molecular formula is C10H18N2O. The number of hydrogen-bond donors (Lipinski definition) is 2. The lowest BCUT2D eigenvalue weighted by Crippen LogP contribution is -2.55. The zero-order valence-electron chi connectivity index (χ0n) is 8.01. The third-order valence-electron chi connectivity index (χ3n) is 3.81. The fraction of sp³-hybridized carbons (Fsp3) is 0.900. The van der Waals surface area contributed by atoms with Gasteiger partial charge < -0.3 is 11.1 Å². The van der Waals surface area contributed by atoms with E-state index in [0.29, 0.717) is 5.92 Å². The van der Waals surface area contributed by atoms with E-state index in [4.69, 9.17) is 5.73 Å². The van der Waals surface area contributed by atoms with E-state index in [-0.39, 0.29) is 11.3 Å². The Labute approximate surface area is 79.1 Å². The molecule has 2 fully saturated rings. The number of fused-ring (bicyclic) bond motifs is 1. The lowest BCUT2D eigenvalue weighted by Gasteiger charge is -2.45. The Bertz CT molecular complexity index is 203. The zero-order chi connectivity index (χ0) is 9.31. The Morgan fingerprint density at radius 1 is 1.38 bits per heavy atom. The van der Waals surface area contributed by atoms with Crippen molar-refractivity contribution in [1.82, 2.24) is 5.32 Å². The molecule has 13 heavy (non-hydrogen) atoms. The molecule has 1 saturated heterocycles. The van der Waals surface area contributed by atoms with Gasteiger partial charge in [-0.2, -0.15) is 0 Å². The first-order valence-electron chi connectivity index (χ1n) is 5.26. The first-order chi connectivity index (χ1) is 6.26. The summed E-state index contributed by atoms with van der Waals surface area (Å²) in [7, 11) is 0. The molecule has 0 aromatic heterocycles. The van der Waals surface area contributed by atoms with E-state index in [9.17, 15) is 4.79 Å². The largest absolute Gasteiger partial charge is 0.369 e. The summed E-state index contributed by atoms with van der Waals surface area (Å²) in [5.74, 6) is 0.476. The van der Waals surface area contributed by atoms with Gasteiger partial charge in [0.25, 0.3) is 0 Å². The lowest BCUT2D eigenvalue weighted by atomic mass is 9.63. The van der Waals surface area contributed by atoms with Crippen LogP contribution in [0.25, 0.3) is 0 Å². The fourth-order valence-corrected chi connectivity index (χ4v) is 2.96. The molecule has 0 bridgehead atoms. The van der Waals surface area contributed by atoms with Gasteiger partial charge in [0.05, 0.1) is 5.41 Å². The molecule has 1 amide bonds. The predicted octanol–water partition coefficient (Wildman–Crippen LogP) is 0.642. The number of primary amides is 1. The standard InChI is InChI=1S/C10H18N2O/c11-9(13)10-5-2-1-3-8(10)4-6-12-7-10/h8,12H,1-7H2,(H2,11,13). The Morgan fingerprint density at radius 3 is 2.92 bits per heavy atom. The third kappa shape index (κ3) is 1.35. The van der Waals surface area contributed by atoms with Gasteiger partial charge in [-0.15, -0.1) is 0 Å². The van der Waals surface area contributed by atoms with Crippen LogP contribution in [0.5, 0.6) is 0 Å². The van der Waals surface area contributed by atoms with Crippen LogP contribution in [-0.4, -0.2) is 19.0 Å². The number of piperidine rings is 1. The minimum absolute atomic E-state index is 0.0793. The summed E-state index contributed by atoms with van der Waals surface area (Å²) >= 11 is 0. The van der Waals surface area contributed by atoms with Crippen molar-refractivity contribution in [1.29, 1.82) is 0 Å². The van der Waals surface area contributed by atoms with Gasteiger partial charge in [0, 0.05) is 6.54 Å². The number of nitrogens with two attached hydrogens (primary N) is 1. The molecule has 0 aromatic carbocycles. The van der Waals surface area contributed by atoms with Crippen molar-refractivity contribution in [2.45, 2.75) is 32.1 Å². The molecular weight excluding hydrogens is 164 g/mol. The maximum atomic E-state index is 11.5. The first kappa shape index (κ1) is 9.00. The van der Waals surface area contributed by atoms with Gasteiger partial charge in [0.15, 0.2) is 0 Å². The van der Waals surface area contributed by atoms with Crippen LogP contribution in [0.2, 0.25) is 0 Å². The monoisotopic (exact) mass is 182 g/mol. The predicted molar refractivity (Wildman–Crippen MR) is 51.1 cm³/mol. The molecule has 2 unspecified atom stereocenters. The summed E-state index contributed by atoms with van der Waals surface area (Å²) in [5, 5.41) is 3.31. The van der Waals surface area contributed by atoms with E-state index >= 15 is 0 Å². The van der Waals surface area contributed by atoms with E-state index in [1.807, 2.05) is 0 Å². The van der Waals surface area contributed by atoms with Crippen molar-refractivity contribution in [2.75, 3.05) is 13.1 Å². The third-order valence-corrected chi connectivity index (χ3v) is 3.81. The lowest BCUT2D eigenvalue weighted by molar-refractivity contribution is -0.134. The van der Waals surface area contributed by atoms with Crippen LogP contribution >= 0.6 is 0 Å². The molecule has 3 heteroatoms. The van der Waals surface area contributed by atoms with Crippen molar-refractivity contribution in [2.24, 2.45) is 17.1 Å². The average Bonchev–Trinajstić information content (AvgIpc) is 2.17. The Kier molecular flexibility index (Phi) is 2.28. The van der Waals surface area contributed by atoms with Crippen LogP contribution in [-0.2, 0) is 4.79 Å². The van der Waals surface area contributed by atoms with Crippen molar-refractivity contribution < 1.29 is 4.79 Å². The van der Waals surface area contributed by atoms with E-state index in [1.165, 1.54) is 19.3 Å². The van der Waals surface area contributed by atoms with Gasteiger partial charge in [-0.05, 0) is 31.7 Å². The van der Waals surface area contributed by atoms with Crippen LogP contribution in [0.15, 0.2) is 0 Å².